The maximum absolute atomic E-state index is 4.43. The molecule has 2 aromatic rings. The monoisotopic (exact) mass is 264 g/mol. The van der Waals surface area contributed by atoms with Gasteiger partial charge in [-0.15, -0.1) is 0 Å². The summed E-state index contributed by atoms with van der Waals surface area (Å²) >= 11 is 3.06. The average molecular weight is 264 g/mol. The van der Waals surface area contributed by atoms with Gasteiger partial charge in [-0.3, -0.25) is 0 Å². The van der Waals surface area contributed by atoms with Crippen LogP contribution in [0.4, 0.5) is 5.82 Å². The summed E-state index contributed by atoms with van der Waals surface area (Å²) in [5, 5.41) is 5.62. The van der Waals surface area contributed by atoms with E-state index >= 15 is 0 Å². The molecule has 0 aliphatic carbocycles. The zero-order chi connectivity index (χ0) is 12.1. The number of rotatable bonds is 4. The number of thioether (sulfide) groups is 1. The summed E-state index contributed by atoms with van der Waals surface area (Å²) in [4.78, 5) is 13.0. The van der Waals surface area contributed by atoms with Crippen molar-refractivity contribution < 1.29 is 0 Å². The number of hydrogen-bond acceptors (Lipinski definition) is 6. The van der Waals surface area contributed by atoms with Crippen molar-refractivity contribution in [3.05, 3.63) is 30.5 Å². The number of hydrogen-bond donors (Lipinski definition) is 1. The Labute approximate surface area is 109 Å². The molecule has 0 bridgehead atoms. The Morgan fingerprint density at radius 1 is 1.18 bits per heavy atom. The van der Waals surface area contributed by atoms with Crippen molar-refractivity contribution in [2.75, 3.05) is 18.6 Å². The molecule has 0 unspecified atom stereocenters. The molecule has 17 heavy (non-hydrogen) atoms. The first-order valence-corrected chi connectivity index (χ1v) is 7.05. The minimum Gasteiger partial charge on any atom is -0.373 e. The highest BCUT2D eigenvalue weighted by molar-refractivity contribution is 7.99. The lowest BCUT2D eigenvalue weighted by Crippen LogP contribution is -1.96. The van der Waals surface area contributed by atoms with E-state index in [1.165, 1.54) is 23.5 Å². The fourth-order valence-corrected chi connectivity index (χ4v) is 2.40. The summed E-state index contributed by atoms with van der Waals surface area (Å²) in [5.74, 6) is 0.822. The Morgan fingerprint density at radius 2 is 2.06 bits per heavy atom. The van der Waals surface area contributed by atoms with E-state index in [0.717, 1.165) is 21.0 Å². The van der Waals surface area contributed by atoms with Crippen molar-refractivity contribution in [3.63, 3.8) is 0 Å². The van der Waals surface area contributed by atoms with Gasteiger partial charge in [0, 0.05) is 19.3 Å². The number of nitrogens with zero attached hydrogens (tertiary/aromatic N) is 3. The number of pyridine rings is 1. The Hall–Kier alpha value is -1.27. The minimum absolute atomic E-state index is 0.760. The molecule has 0 atom stereocenters. The van der Waals surface area contributed by atoms with Crippen LogP contribution in [-0.2, 0) is 0 Å². The Balaban J connectivity index is 2.26. The lowest BCUT2D eigenvalue weighted by molar-refractivity contribution is 0.895. The lowest BCUT2D eigenvalue weighted by Gasteiger charge is -2.05. The molecule has 0 aliphatic rings. The fraction of sp³-hybridized carbons (Fsp3) is 0.182. The van der Waals surface area contributed by atoms with E-state index in [1.807, 2.05) is 37.6 Å². The average Bonchev–Trinajstić information content (AvgIpc) is 2.39. The van der Waals surface area contributed by atoms with Crippen molar-refractivity contribution in [1.82, 2.24) is 15.0 Å². The van der Waals surface area contributed by atoms with Gasteiger partial charge < -0.3 is 5.32 Å². The highest BCUT2D eigenvalue weighted by Gasteiger charge is 2.05. The van der Waals surface area contributed by atoms with Crippen molar-refractivity contribution >= 4 is 29.3 Å². The summed E-state index contributed by atoms with van der Waals surface area (Å²) < 4.78 is 0. The molecule has 1 N–H and O–H groups in total. The number of anilines is 1. The van der Waals surface area contributed by atoms with Gasteiger partial charge in [-0.05, 0) is 30.2 Å². The predicted molar refractivity (Wildman–Crippen MR) is 71.7 cm³/mol. The van der Waals surface area contributed by atoms with E-state index in [1.54, 1.807) is 6.20 Å². The van der Waals surface area contributed by atoms with E-state index in [9.17, 15) is 0 Å². The molecule has 0 fully saturated rings. The zero-order valence-corrected chi connectivity index (χ0v) is 11.2. The number of aromatic nitrogens is 3. The third-order valence-electron chi connectivity index (χ3n) is 1.97. The first-order valence-electron chi connectivity index (χ1n) is 5.01. The molecule has 2 aromatic heterocycles. The molecule has 0 amide bonds. The molecule has 0 saturated heterocycles. The summed E-state index contributed by atoms with van der Waals surface area (Å²) in [6.07, 6.45) is 3.74. The predicted octanol–water partition coefficient (Wildman–Crippen LogP) is 2.79. The van der Waals surface area contributed by atoms with Crippen LogP contribution in [0.3, 0.4) is 0 Å². The van der Waals surface area contributed by atoms with Crippen LogP contribution < -0.4 is 5.32 Å². The molecule has 4 nitrogen and oxygen atoms in total. The Bertz CT molecular complexity index is 468. The molecule has 6 heteroatoms. The third kappa shape index (κ3) is 3.34. The molecule has 88 valence electrons. The summed E-state index contributed by atoms with van der Waals surface area (Å²) in [6.45, 7) is 0. The quantitative estimate of drug-likeness (QED) is 0.520. The molecule has 0 saturated carbocycles. The van der Waals surface area contributed by atoms with Crippen molar-refractivity contribution in [2.24, 2.45) is 0 Å². The maximum atomic E-state index is 4.43. The highest BCUT2D eigenvalue weighted by Crippen LogP contribution is 2.26. The molecular weight excluding hydrogens is 252 g/mol. The van der Waals surface area contributed by atoms with E-state index in [-0.39, 0.29) is 0 Å². The molecule has 0 radical (unpaired) electrons. The van der Waals surface area contributed by atoms with Crippen LogP contribution in [-0.4, -0.2) is 28.3 Å². The molecule has 0 spiro atoms. The second-order valence-corrected chi connectivity index (χ2v) is 4.91. The van der Waals surface area contributed by atoms with E-state index in [0.29, 0.717) is 0 Å². The van der Waals surface area contributed by atoms with Crippen molar-refractivity contribution in [2.45, 2.75) is 15.2 Å². The second-order valence-electron chi connectivity index (χ2n) is 3.10. The van der Waals surface area contributed by atoms with Gasteiger partial charge in [-0.2, -0.15) is 0 Å². The van der Waals surface area contributed by atoms with E-state index in [4.69, 9.17) is 0 Å². The summed E-state index contributed by atoms with van der Waals surface area (Å²) in [7, 11) is 1.85. The van der Waals surface area contributed by atoms with Gasteiger partial charge in [-0.25, -0.2) is 15.0 Å². The molecule has 2 rings (SSSR count). The molecule has 2 heterocycles. The van der Waals surface area contributed by atoms with Crippen molar-refractivity contribution in [3.8, 4) is 0 Å². The molecular formula is C11H12N4S2. The lowest BCUT2D eigenvalue weighted by atomic mass is 10.5. The first kappa shape index (κ1) is 12.2. The normalized spacial score (nSPS) is 10.2. The first-order chi connectivity index (χ1) is 8.31. The van der Waals surface area contributed by atoms with Crippen LogP contribution in [0.15, 0.2) is 45.7 Å². The summed E-state index contributed by atoms with van der Waals surface area (Å²) in [5.41, 5.74) is 0. The highest BCUT2D eigenvalue weighted by atomic mass is 32.2. The van der Waals surface area contributed by atoms with E-state index in [2.05, 4.69) is 20.3 Å². The van der Waals surface area contributed by atoms with Gasteiger partial charge in [0.25, 0.3) is 0 Å². The van der Waals surface area contributed by atoms with Gasteiger partial charge in [0.05, 0.1) is 0 Å². The van der Waals surface area contributed by atoms with Crippen LogP contribution in [0.25, 0.3) is 0 Å². The second kappa shape index (κ2) is 5.88. The Kier molecular flexibility index (Phi) is 4.22. The Morgan fingerprint density at radius 3 is 2.71 bits per heavy atom. The van der Waals surface area contributed by atoms with Gasteiger partial charge in [0.2, 0.25) is 0 Å². The summed E-state index contributed by atoms with van der Waals surface area (Å²) in [6, 6.07) is 7.74. The molecule has 0 aromatic carbocycles. The smallest absolute Gasteiger partial charge is 0.190 e. The van der Waals surface area contributed by atoms with Gasteiger partial charge in [0.1, 0.15) is 15.9 Å². The van der Waals surface area contributed by atoms with Crippen LogP contribution >= 0.6 is 23.5 Å². The standard InChI is InChI=1S/C11H12N4S2/c1-12-8-7-10(15-11(14-8)16-2)17-9-5-3-4-6-13-9/h3-7H,1-2H3,(H,12,14,15). The fourth-order valence-electron chi connectivity index (χ4n) is 1.19. The van der Waals surface area contributed by atoms with Crippen LogP contribution in [0.2, 0.25) is 0 Å². The minimum atomic E-state index is 0.760. The number of nitrogens with one attached hydrogen (secondary N) is 1. The van der Waals surface area contributed by atoms with Gasteiger partial charge >= 0.3 is 0 Å². The van der Waals surface area contributed by atoms with E-state index < -0.39 is 0 Å². The van der Waals surface area contributed by atoms with Gasteiger partial charge in [0.15, 0.2) is 5.16 Å². The maximum Gasteiger partial charge on any atom is 0.190 e. The van der Waals surface area contributed by atoms with Gasteiger partial charge in [-0.1, -0.05) is 17.8 Å². The van der Waals surface area contributed by atoms with Crippen LogP contribution in [0.1, 0.15) is 0 Å². The largest absolute Gasteiger partial charge is 0.373 e. The zero-order valence-electron chi connectivity index (χ0n) is 9.54. The van der Waals surface area contributed by atoms with Crippen LogP contribution in [0, 0.1) is 0 Å². The third-order valence-corrected chi connectivity index (χ3v) is 3.38. The molecule has 0 aliphatic heterocycles. The van der Waals surface area contributed by atoms with Crippen LogP contribution in [0.5, 0.6) is 0 Å². The SMILES string of the molecule is CNc1cc(Sc2ccccn2)nc(SC)n1. The van der Waals surface area contributed by atoms with Crippen molar-refractivity contribution in [1.29, 1.82) is 0 Å². The topological polar surface area (TPSA) is 50.7 Å².